The molecular weight excluding hydrogens is 244 g/mol. The van der Waals surface area contributed by atoms with Gasteiger partial charge >= 0.3 is 5.97 Å². The molecule has 0 aliphatic carbocycles. The Kier molecular flexibility index (Phi) is 3.51. The van der Waals surface area contributed by atoms with Gasteiger partial charge in [0, 0.05) is 18.1 Å². The van der Waals surface area contributed by atoms with E-state index in [4.69, 9.17) is 14.6 Å². The van der Waals surface area contributed by atoms with E-state index in [1.807, 2.05) is 32.0 Å². The largest absolute Gasteiger partial charge is 0.485 e. The maximum Gasteiger partial charge on any atom is 0.328 e. The summed E-state index contributed by atoms with van der Waals surface area (Å²) >= 11 is 0. The van der Waals surface area contributed by atoms with E-state index in [0.717, 1.165) is 23.8 Å². The van der Waals surface area contributed by atoms with Gasteiger partial charge in [0.25, 0.3) is 0 Å². The van der Waals surface area contributed by atoms with Crippen LogP contribution in [0.5, 0.6) is 11.5 Å². The number of para-hydroxylation sites is 1. The van der Waals surface area contributed by atoms with Gasteiger partial charge in [-0.3, -0.25) is 0 Å². The second-order valence-electron chi connectivity index (χ2n) is 5.40. The zero-order valence-electron chi connectivity index (χ0n) is 11.4. The van der Waals surface area contributed by atoms with E-state index in [1.54, 1.807) is 6.92 Å². The lowest BCUT2D eigenvalue weighted by molar-refractivity contribution is -0.131. The smallest absolute Gasteiger partial charge is 0.328 e. The van der Waals surface area contributed by atoms with Gasteiger partial charge in [-0.1, -0.05) is 12.1 Å². The molecule has 0 aromatic heterocycles. The molecule has 1 heterocycles. The monoisotopic (exact) mass is 262 g/mol. The third kappa shape index (κ3) is 3.28. The minimum atomic E-state index is -0.961. The summed E-state index contributed by atoms with van der Waals surface area (Å²) in [5, 5.41) is 8.65. The normalized spacial score (nSPS) is 16.7. The molecule has 1 aromatic carbocycles. The van der Waals surface area contributed by atoms with Crippen molar-refractivity contribution >= 4 is 5.97 Å². The summed E-state index contributed by atoms with van der Waals surface area (Å²) in [6.07, 6.45) is 2.00. The predicted octanol–water partition coefficient (Wildman–Crippen LogP) is 2.81. The van der Waals surface area contributed by atoms with E-state index < -0.39 is 5.97 Å². The van der Waals surface area contributed by atoms with Crippen molar-refractivity contribution in [1.82, 2.24) is 0 Å². The van der Waals surface area contributed by atoms with Gasteiger partial charge < -0.3 is 14.6 Å². The number of benzene rings is 1. The van der Waals surface area contributed by atoms with Crippen LogP contribution in [0.1, 0.15) is 26.3 Å². The molecule has 0 fully saturated rings. The van der Waals surface area contributed by atoms with Crippen LogP contribution in [0.25, 0.3) is 0 Å². The molecule has 1 aliphatic rings. The zero-order chi connectivity index (χ0) is 14.0. The van der Waals surface area contributed by atoms with Gasteiger partial charge in [0.05, 0.1) is 0 Å². The lowest BCUT2D eigenvalue weighted by Crippen LogP contribution is -2.24. The van der Waals surface area contributed by atoms with Crippen LogP contribution < -0.4 is 9.47 Å². The summed E-state index contributed by atoms with van der Waals surface area (Å²) in [5.74, 6) is 0.480. The molecule has 0 bridgehead atoms. The average Bonchev–Trinajstić information content (AvgIpc) is 2.59. The third-order valence-electron chi connectivity index (χ3n) is 2.88. The maximum atomic E-state index is 10.5. The van der Waals surface area contributed by atoms with Crippen molar-refractivity contribution in [2.24, 2.45) is 0 Å². The van der Waals surface area contributed by atoms with Gasteiger partial charge in [0.15, 0.2) is 11.5 Å². The summed E-state index contributed by atoms with van der Waals surface area (Å²) in [4.78, 5) is 10.5. The van der Waals surface area contributed by atoms with Crippen LogP contribution in [0.15, 0.2) is 29.8 Å². The summed E-state index contributed by atoms with van der Waals surface area (Å²) in [6.45, 7) is 6.04. The Morgan fingerprint density at radius 3 is 2.95 bits per heavy atom. The molecule has 0 saturated carbocycles. The molecule has 0 atom stereocenters. The second-order valence-corrected chi connectivity index (χ2v) is 5.40. The van der Waals surface area contributed by atoms with Crippen molar-refractivity contribution in [3.05, 3.63) is 35.4 Å². The van der Waals surface area contributed by atoms with E-state index >= 15 is 0 Å². The topological polar surface area (TPSA) is 55.8 Å². The molecule has 1 aliphatic heterocycles. The Balaban J connectivity index is 2.12. The van der Waals surface area contributed by atoms with Gasteiger partial charge in [0.1, 0.15) is 12.2 Å². The minimum absolute atomic E-state index is 0.215. The van der Waals surface area contributed by atoms with E-state index in [2.05, 4.69) is 0 Å². The highest BCUT2D eigenvalue weighted by atomic mass is 16.5. The van der Waals surface area contributed by atoms with Crippen molar-refractivity contribution in [3.8, 4) is 11.5 Å². The number of fused-ring (bicyclic) bond motifs is 1. The zero-order valence-corrected chi connectivity index (χ0v) is 11.4. The SMILES string of the molecule is CC(=CC(=O)O)COc1cccc2c1OC(C)(C)C2. The first-order valence-corrected chi connectivity index (χ1v) is 6.21. The molecule has 4 heteroatoms. The highest BCUT2D eigenvalue weighted by molar-refractivity contribution is 5.80. The second kappa shape index (κ2) is 4.96. The fourth-order valence-electron chi connectivity index (χ4n) is 2.15. The molecule has 0 radical (unpaired) electrons. The van der Waals surface area contributed by atoms with Gasteiger partial charge in [-0.15, -0.1) is 0 Å². The number of carboxylic acids is 1. The standard InChI is InChI=1S/C15H18O4/c1-10(7-13(16)17)9-18-12-6-4-5-11-8-15(2,3)19-14(11)12/h4-7H,8-9H2,1-3H3,(H,16,17). The van der Waals surface area contributed by atoms with Gasteiger partial charge in [-0.05, 0) is 32.4 Å². The average molecular weight is 262 g/mol. The summed E-state index contributed by atoms with van der Waals surface area (Å²) < 4.78 is 11.5. The Labute approximate surface area is 112 Å². The van der Waals surface area contributed by atoms with Crippen molar-refractivity contribution in [1.29, 1.82) is 0 Å². The lowest BCUT2D eigenvalue weighted by atomic mass is 10.0. The first kappa shape index (κ1) is 13.5. The van der Waals surface area contributed by atoms with Crippen LogP contribution >= 0.6 is 0 Å². The van der Waals surface area contributed by atoms with Crippen LogP contribution in [0.4, 0.5) is 0 Å². The van der Waals surface area contributed by atoms with Crippen molar-refractivity contribution in [2.75, 3.05) is 6.61 Å². The molecule has 0 unspecified atom stereocenters. The summed E-state index contributed by atoms with van der Waals surface area (Å²) in [7, 11) is 0. The Bertz CT molecular complexity index is 529. The maximum absolute atomic E-state index is 10.5. The van der Waals surface area contributed by atoms with Crippen molar-refractivity contribution in [3.63, 3.8) is 0 Å². The van der Waals surface area contributed by atoms with E-state index in [0.29, 0.717) is 11.3 Å². The molecule has 4 nitrogen and oxygen atoms in total. The molecule has 0 amide bonds. The van der Waals surface area contributed by atoms with Crippen LogP contribution in [0.3, 0.4) is 0 Å². The van der Waals surface area contributed by atoms with Crippen LogP contribution in [-0.4, -0.2) is 23.3 Å². The van der Waals surface area contributed by atoms with Gasteiger partial charge in [0.2, 0.25) is 0 Å². The Morgan fingerprint density at radius 1 is 1.53 bits per heavy atom. The van der Waals surface area contributed by atoms with Crippen LogP contribution in [0.2, 0.25) is 0 Å². The van der Waals surface area contributed by atoms with Crippen molar-refractivity contribution in [2.45, 2.75) is 32.8 Å². The Morgan fingerprint density at radius 2 is 2.26 bits per heavy atom. The highest BCUT2D eigenvalue weighted by Gasteiger charge is 2.32. The Hall–Kier alpha value is -1.97. The minimum Gasteiger partial charge on any atom is -0.485 e. The fraction of sp³-hybridized carbons (Fsp3) is 0.400. The third-order valence-corrected chi connectivity index (χ3v) is 2.88. The number of hydrogen-bond acceptors (Lipinski definition) is 3. The molecular formula is C15H18O4. The highest BCUT2D eigenvalue weighted by Crippen LogP contribution is 2.41. The summed E-state index contributed by atoms with van der Waals surface area (Å²) in [6, 6.07) is 5.79. The number of rotatable bonds is 4. The van der Waals surface area contributed by atoms with Gasteiger partial charge in [-0.2, -0.15) is 0 Å². The summed E-state index contributed by atoms with van der Waals surface area (Å²) in [5.41, 5.74) is 1.57. The van der Waals surface area contributed by atoms with E-state index in [1.165, 1.54) is 0 Å². The quantitative estimate of drug-likeness (QED) is 0.848. The van der Waals surface area contributed by atoms with E-state index in [9.17, 15) is 4.79 Å². The first-order chi connectivity index (χ1) is 8.87. The number of ether oxygens (including phenoxy) is 2. The predicted molar refractivity (Wildman–Crippen MR) is 71.7 cm³/mol. The number of hydrogen-bond donors (Lipinski definition) is 1. The molecule has 1 N–H and O–H groups in total. The number of carbonyl (C=O) groups is 1. The first-order valence-electron chi connectivity index (χ1n) is 6.21. The molecule has 1 aromatic rings. The molecule has 2 rings (SSSR count). The fourth-order valence-corrected chi connectivity index (χ4v) is 2.15. The molecule has 0 spiro atoms. The van der Waals surface area contributed by atoms with Crippen LogP contribution in [-0.2, 0) is 11.2 Å². The number of aliphatic carboxylic acids is 1. The van der Waals surface area contributed by atoms with Gasteiger partial charge in [-0.25, -0.2) is 4.79 Å². The van der Waals surface area contributed by atoms with E-state index in [-0.39, 0.29) is 12.2 Å². The lowest BCUT2D eigenvalue weighted by Gasteiger charge is -2.18. The van der Waals surface area contributed by atoms with Crippen LogP contribution in [0, 0.1) is 0 Å². The molecule has 19 heavy (non-hydrogen) atoms. The molecule has 102 valence electrons. The molecule has 0 saturated heterocycles. The number of carboxylic acid groups (broad SMARTS) is 1. The van der Waals surface area contributed by atoms with Crippen molar-refractivity contribution < 1.29 is 19.4 Å².